The summed E-state index contributed by atoms with van der Waals surface area (Å²) in [7, 11) is 0. The maximum absolute atomic E-state index is 12.9. The van der Waals surface area contributed by atoms with E-state index in [9.17, 15) is 51.6 Å². The summed E-state index contributed by atoms with van der Waals surface area (Å²) < 4.78 is 77.4. The standard InChI is InChI=1S/C20H26F6N2O5/c21-19(22,23)12-5-11(6-13(8-12)20(24,25)26)7-16(31)27-3-1-2-4-28-9-15(30)18(33)17(32)14(28)10-29/h5-6,8,14-15,17-18,29-30,32-33H,1-4,7,9-10H2,(H,27,31)/t14-,15+,17-,18-/m1/s1. The first-order valence-corrected chi connectivity index (χ1v) is 10.2. The van der Waals surface area contributed by atoms with Gasteiger partial charge in [0.1, 0.15) is 12.2 Å². The minimum Gasteiger partial charge on any atom is -0.395 e. The number of hydrogen-bond acceptors (Lipinski definition) is 6. The molecular weight excluding hydrogens is 462 g/mol. The van der Waals surface area contributed by atoms with Gasteiger partial charge in [0, 0.05) is 13.1 Å². The van der Waals surface area contributed by atoms with E-state index in [0.29, 0.717) is 31.5 Å². The van der Waals surface area contributed by atoms with Crippen molar-refractivity contribution in [3.05, 3.63) is 34.9 Å². The van der Waals surface area contributed by atoms with Gasteiger partial charge < -0.3 is 25.7 Å². The molecule has 33 heavy (non-hydrogen) atoms. The molecule has 4 atom stereocenters. The first kappa shape index (κ1) is 27.3. The van der Waals surface area contributed by atoms with Crippen LogP contribution < -0.4 is 5.32 Å². The summed E-state index contributed by atoms with van der Waals surface area (Å²) in [6.45, 7) is -0.0225. The Labute approximate surface area is 185 Å². The van der Waals surface area contributed by atoms with Crippen LogP contribution in [0.3, 0.4) is 0 Å². The van der Waals surface area contributed by atoms with Gasteiger partial charge in [-0.15, -0.1) is 0 Å². The molecule has 0 radical (unpaired) electrons. The molecule has 0 spiro atoms. The van der Waals surface area contributed by atoms with E-state index in [4.69, 9.17) is 0 Å². The summed E-state index contributed by atoms with van der Waals surface area (Å²) in [4.78, 5) is 13.6. The Kier molecular flexibility index (Phi) is 9.10. The van der Waals surface area contributed by atoms with Crippen LogP contribution in [-0.2, 0) is 23.6 Å². The number of halogens is 6. The van der Waals surface area contributed by atoms with Crippen LogP contribution >= 0.6 is 0 Å². The first-order valence-electron chi connectivity index (χ1n) is 10.2. The van der Waals surface area contributed by atoms with E-state index < -0.39 is 72.3 Å². The van der Waals surface area contributed by atoms with Crippen molar-refractivity contribution in [2.75, 3.05) is 26.2 Å². The van der Waals surface area contributed by atoms with E-state index in [-0.39, 0.29) is 19.2 Å². The summed E-state index contributed by atoms with van der Waals surface area (Å²) in [5.74, 6) is -0.748. The number of piperidine rings is 1. The average molecular weight is 488 g/mol. The molecule has 1 fully saturated rings. The second-order valence-corrected chi connectivity index (χ2v) is 7.94. The van der Waals surface area contributed by atoms with Crippen molar-refractivity contribution >= 4 is 5.91 Å². The molecule has 1 amide bonds. The summed E-state index contributed by atoms with van der Waals surface area (Å²) >= 11 is 0. The lowest BCUT2D eigenvalue weighted by molar-refractivity contribution is -0.145. The number of amides is 1. The molecule has 1 aliphatic heterocycles. The van der Waals surface area contributed by atoms with E-state index >= 15 is 0 Å². The van der Waals surface area contributed by atoms with E-state index in [1.165, 1.54) is 0 Å². The van der Waals surface area contributed by atoms with Gasteiger partial charge in [-0.1, -0.05) is 0 Å². The Balaban J connectivity index is 1.86. The zero-order chi connectivity index (χ0) is 25.0. The van der Waals surface area contributed by atoms with Crippen molar-refractivity contribution < 1.29 is 51.6 Å². The zero-order valence-corrected chi connectivity index (χ0v) is 17.4. The minimum absolute atomic E-state index is 0.00544. The Morgan fingerprint density at radius 2 is 1.55 bits per heavy atom. The number of carbonyl (C=O) groups is 1. The third-order valence-corrected chi connectivity index (χ3v) is 5.42. The molecule has 0 unspecified atom stereocenters. The molecule has 2 rings (SSSR count). The van der Waals surface area contributed by atoms with Crippen molar-refractivity contribution in [3.8, 4) is 0 Å². The molecule has 188 valence electrons. The van der Waals surface area contributed by atoms with Crippen molar-refractivity contribution in [1.82, 2.24) is 10.2 Å². The molecule has 1 saturated heterocycles. The van der Waals surface area contributed by atoms with E-state index in [2.05, 4.69) is 5.32 Å². The maximum Gasteiger partial charge on any atom is 0.416 e. The Hall–Kier alpha value is -1.93. The van der Waals surface area contributed by atoms with Gasteiger partial charge in [-0.25, -0.2) is 0 Å². The molecule has 0 saturated carbocycles. The van der Waals surface area contributed by atoms with Crippen molar-refractivity contribution in [1.29, 1.82) is 0 Å². The number of benzene rings is 1. The van der Waals surface area contributed by atoms with Gasteiger partial charge in [-0.3, -0.25) is 9.69 Å². The van der Waals surface area contributed by atoms with Crippen LogP contribution in [0.15, 0.2) is 18.2 Å². The van der Waals surface area contributed by atoms with E-state index in [0.717, 1.165) is 0 Å². The maximum atomic E-state index is 12.9. The number of unbranched alkanes of at least 4 members (excludes halogenated alkanes) is 1. The average Bonchev–Trinajstić information content (AvgIpc) is 2.70. The molecule has 13 heteroatoms. The number of hydrogen-bond donors (Lipinski definition) is 5. The number of likely N-dealkylation sites (tertiary alicyclic amines) is 1. The second-order valence-electron chi connectivity index (χ2n) is 7.94. The van der Waals surface area contributed by atoms with Crippen LogP contribution in [0.25, 0.3) is 0 Å². The third kappa shape index (κ3) is 7.54. The highest BCUT2D eigenvalue weighted by Gasteiger charge is 2.40. The molecular formula is C20H26F6N2O5. The summed E-state index contributed by atoms with van der Waals surface area (Å²) in [5, 5.41) is 41.2. The predicted molar refractivity (Wildman–Crippen MR) is 103 cm³/mol. The quantitative estimate of drug-likeness (QED) is 0.275. The number of aliphatic hydroxyl groups excluding tert-OH is 4. The summed E-state index contributed by atoms with van der Waals surface area (Å²) in [5.41, 5.74) is -3.40. The van der Waals surface area contributed by atoms with Crippen LogP contribution in [-0.4, -0.2) is 81.8 Å². The van der Waals surface area contributed by atoms with Crippen molar-refractivity contribution in [2.45, 2.75) is 56.0 Å². The highest BCUT2D eigenvalue weighted by Crippen LogP contribution is 2.36. The molecule has 1 aromatic rings. The molecule has 0 aromatic heterocycles. The topological polar surface area (TPSA) is 113 Å². The van der Waals surface area contributed by atoms with Gasteiger partial charge in [0.2, 0.25) is 5.91 Å². The summed E-state index contributed by atoms with van der Waals surface area (Å²) in [6.07, 6.45) is -13.8. The lowest BCUT2D eigenvalue weighted by Crippen LogP contribution is -2.62. The minimum atomic E-state index is -5.00. The largest absolute Gasteiger partial charge is 0.416 e. The first-order chi connectivity index (χ1) is 15.2. The SMILES string of the molecule is O=C(Cc1cc(C(F)(F)F)cc(C(F)(F)F)c1)NCCCCN1C[C@H](O)[C@@H](O)[C@H](O)[C@H]1CO. The van der Waals surface area contributed by atoms with Crippen molar-refractivity contribution in [3.63, 3.8) is 0 Å². The van der Waals surface area contributed by atoms with Crippen molar-refractivity contribution in [2.24, 2.45) is 0 Å². The molecule has 0 bridgehead atoms. The van der Waals surface area contributed by atoms with Crippen LogP contribution in [0.5, 0.6) is 0 Å². The molecule has 1 heterocycles. The lowest BCUT2D eigenvalue weighted by atomic mass is 9.94. The van der Waals surface area contributed by atoms with Gasteiger partial charge in [-0.2, -0.15) is 26.3 Å². The fourth-order valence-corrected chi connectivity index (χ4v) is 3.67. The normalized spacial score (nSPS) is 24.7. The Morgan fingerprint density at radius 1 is 0.970 bits per heavy atom. The third-order valence-electron chi connectivity index (χ3n) is 5.42. The molecule has 1 aliphatic rings. The smallest absolute Gasteiger partial charge is 0.395 e. The van der Waals surface area contributed by atoms with Crippen LogP contribution in [0.1, 0.15) is 29.5 Å². The van der Waals surface area contributed by atoms with Crippen LogP contribution in [0.2, 0.25) is 0 Å². The fourth-order valence-electron chi connectivity index (χ4n) is 3.67. The van der Waals surface area contributed by atoms with Gasteiger partial charge in [0.05, 0.1) is 36.3 Å². The Bertz CT molecular complexity index is 772. The number of nitrogens with one attached hydrogen (secondary N) is 1. The number of carbonyl (C=O) groups excluding carboxylic acids is 1. The number of rotatable bonds is 8. The monoisotopic (exact) mass is 488 g/mol. The van der Waals surface area contributed by atoms with E-state index in [1.807, 2.05) is 0 Å². The predicted octanol–water partition coefficient (Wildman–Crippen LogP) is 0.922. The molecule has 7 nitrogen and oxygen atoms in total. The number of aliphatic hydroxyl groups is 4. The highest BCUT2D eigenvalue weighted by molar-refractivity contribution is 5.78. The fraction of sp³-hybridized carbons (Fsp3) is 0.650. The van der Waals surface area contributed by atoms with Gasteiger partial charge in [-0.05, 0) is 43.1 Å². The lowest BCUT2D eigenvalue weighted by Gasteiger charge is -2.43. The highest BCUT2D eigenvalue weighted by atomic mass is 19.4. The van der Waals surface area contributed by atoms with Crippen LogP contribution in [0, 0.1) is 0 Å². The second kappa shape index (κ2) is 11.0. The molecule has 1 aromatic carbocycles. The number of alkyl halides is 6. The zero-order valence-electron chi connectivity index (χ0n) is 17.4. The number of β-amino-alcohol motifs (C(OH)–C–C–N with tert-alkyl or cyclic N) is 1. The Morgan fingerprint density at radius 3 is 2.06 bits per heavy atom. The molecule has 0 aliphatic carbocycles. The summed E-state index contributed by atoms with van der Waals surface area (Å²) in [6, 6.07) is 0.229. The molecule has 5 N–H and O–H groups in total. The van der Waals surface area contributed by atoms with Gasteiger partial charge >= 0.3 is 12.4 Å². The van der Waals surface area contributed by atoms with Crippen LogP contribution in [0.4, 0.5) is 26.3 Å². The van der Waals surface area contributed by atoms with E-state index in [1.54, 1.807) is 4.90 Å². The van der Waals surface area contributed by atoms with Gasteiger partial charge in [0.15, 0.2) is 0 Å². The number of nitrogens with zero attached hydrogens (tertiary/aromatic N) is 1. The van der Waals surface area contributed by atoms with Gasteiger partial charge in [0.25, 0.3) is 0 Å².